The Hall–Kier alpha value is -3.17. The van der Waals surface area contributed by atoms with Crippen LogP contribution in [0, 0.1) is 17.8 Å². The molecular weight excluding hydrogens is 400 g/mol. The van der Waals surface area contributed by atoms with Crippen molar-refractivity contribution in [2.45, 2.75) is 44.7 Å². The fourth-order valence-electron chi connectivity index (χ4n) is 4.91. The third-order valence-electron chi connectivity index (χ3n) is 6.71. The lowest BCUT2D eigenvalue weighted by Gasteiger charge is -2.41. The van der Waals surface area contributed by atoms with Crippen LogP contribution < -0.4 is 5.32 Å². The third-order valence-corrected chi connectivity index (χ3v) is 6.71. The Morgan fingerprint density at radius 2 is 1.78 bits per heavy atom. The molecule has 0 aliphatic carbocycles. The van der Waals surface area contributed by atoms with E-state index in [9.17, 15) is 9.59 Å². The summed E-state index contributed by atoms with van der Waals surface area (Å²) in [6.07, 6.45) is 6.74. The van der Waals surface area contributed by atoms with Crippen LogP contribution in [-0.2, 0) is 17.8 Å². The van der Waals surface area contributed by atoms with E-state index >= 15 is 0 Å². The van der Waals surface area contributed by atoms with Crippen LogP contribution in [0.3, 0.4) is 0 Å². The summed E-state index contributed by atoms with van der Waals surface area (Å²) in [5.74, 6) is 5.67. The molecule has 6 nitrogen and oxygen atoms in total. The largest absolute Gasteiger partial charge is 0.325 e. The van der Waals surface area contributed by atoms with Crippen molar-refractivity contribution >= 4 is 11.9 Å². The number of pyridine rings is 1. The quantitative estimate of drug-likeness (QED) is 0.541. The van der Waals surface area contributed by atoms with Crippen molar-refractivity contribution in [3.8, 4) is 11.8 Å². The van der Waals surface area contributed by atoms with Gasteiger partial charge in [0.2, 0.25) is 0 Å². The number of carbonyl (C=O) groups is 2. The molecule has 4 rings (SSSR count). The first-order valence-corrected chi connectivity index (χ1v) is 11.3. The van der Waals surface area contributed by atoms with Crippen LogP contribution in [0.5, 0.6) is 0 Å². The lowest BCUT2D eigenvalue weighted by atomic mass is 9.74. The van der Waals surface area contributed by atoms with Crippen molar-refractivity contribution in [3.05, 3.63) is 66.0 Å². The summed E-state index contributed by atoms with van der Waals surface area (Å²) >= 11 is 0. The molecule has 2 fully saturated rings. The highest BCUT2D eigenvalue weighted by atomic mass is 16.2. The van der Waals surface area contributed by atoms with Crippen molar-refractivity contribution in [1.29, 1.82) is 0 Å². The van der Waals surface area contributed by atoms with Crippen LogP contribution in [0.4, 0.5) is 4.79 Å². The van der Waals surface area contributed by atoms with Crippen molar-refractivity contribution in [2.75, 3.05) is 19.6 Å². The molecule has 2 aliphatic rings. The molecule has 2 aliphatic heterocycles. The highest BCUT2D eigenvalue weighted by Crippen LogP contribution is 2.37. The Kier molecular flexibility index (Phi) is 6.87. The second-order valence-electron chi connectivity index (χ2n) is 8.61. The third kappa shape index (κ3) is 4.68. The molecule has 166 valence electrons. The number of imide groups is 1. The molecule has 2 aromatic rings. The predicted molar refractivity (Wildman–Crippen MR) is 123 cm³/mol. The number of aryl methyl sites for hydroxylation is 1. The topological polar surface area (TPSA) is 65.5 Å². The Morgan fingerprint density at radius 3 is 2.47 bits per heavy atom. The molecule has 0 radical (unpaired) electrons. The number of carbonyl (C=O) groups excluding carboxylic acids is 2. The lowest BCUT2D eigenvalue weighted by molar-refractivity contribution is -0.134. The van der Waals surface area contributed by atoms with E-state index in [1.165, 1.54) is 16.0 Å². The van der Waals surface area contributed by atoms with Crippen LogP contribution >= 0.6 is 0 Å². The van der Waals surface area contributed by atoms with E-state index in [1.54, 1.807) is 6.92 Å². The number of hydrogen-bond donors (Lipinski definition) is 1. The van der Waals surface area contributed by atoms with Gasteiger partial charge in [0.05, 0.1) is 6.54 Å². The lowest BCUT2D eigenvalue weighted by Crippen LogP contribution is -2.56. The van der Waals surface area contributed by atoms with E-state index in [1.807, 2.05) is 42.7 Å². The number of amides is 3. The first-order valence-electron chi connectivity index (χ1n) is 11.3. The fourth-order valence-corrected chi connectivity index (χ4v) is 4.91. The zero-order valence-corrected chi connectivity index (χ0v) is 18.6. The Balaban J connectivity index is 1.50. The molecule has 0 unspecified atom stereocenters. The van der Waals surface area contributed by atoms with Gasteiger partial charge in [-0.3, -0.25) is 19.6 Å². The van der Waals surface area contributed by atoms with E-state index in [2.05, 4.69) is 39.2 Å². The average molecular weight is 431 g/mol. The number of nitrogens with one attached hydrogen (secondary N) is 1. The van der Waals surface area contributed by atoms with Gasteiger partial charge in [-0.25, -0.2) is 4.79 Å². The smallest absolute Gasteiger partial charge is 0.323 e. The van der Waals surface area contributed by atoms with Crippen LogP contribution in [0.1, 0.15) is 37.3 Å². The molecule has 1 aromatic carbocycles. The van der Waals surface area contributed by atoms with Gasteiger partial charge in [-0.1, -0.05) is 36.3 Å². The molecule has 1 N–H and O–H groups in total. The summed E-state index contributed by atoms with van der Waals surface area (Å²) in [4.78, 5) is 34.2. The first kappa shape index (κ1) is 22.0. The van der Waals surface area contributed by atoms with Gasteiger partial charge in [0, 0.05) is 18.9 Å². The highest BCUT2D eigenvalue weighted by molar-refractivity contribution is 6.07. The van der Waals surface area contributed by atoms with E-state index in [0.29, 0.717) is 6.42 Å². The Labute approximate surface area is 190 Å². The number of rotatable bonds is 7. The molecule has 3 amide bonds. The minimum atomic E-state index is -0.856. The number of hydrogen-bond acceptors (Lipinski definition) is 4. The van der Waals surface area contributed by atoms with Crippen LogP contribution in [0.25, 0.3) is 0 Å². The number of likely N-dealkylation sites (tertiary alicyclic amines) is 1. The molecular formula is C26H30N4O2. The SMILES string of the molecule is CC#CCN1C(=O)N[C@](CCc2ccccc2)(C2CCN(Cc3ccncc3)CC2)C1=O. The zero-order valence-electron chi connectivity index (χ0n) is 18.6. The summed E-state index contributed by atoms with van der Waals surface area (Å²) in [6.45, 7) is 4.55. The maximum atomic E-state index is 13.6. The van der Waals surface area contributed by atoms with Crippen LogP contribution in [0.2, 0.25) is 0 Å². The second kappa shape index (κ2) is 9.97. The number of piperidine rings is 1. The molecule has 1 atom stereocenters. The van der Waals surface area contributed by atoms with E-state index in [4.69, 9.17) is 0 Å². The van der Waals surface area contributed by atoms with Crippen LogP contribution in [0.15, 0.2) is 54.9 Å². The van der Waals surface area contributed by atoms with Crippen molar-refractivity contribution in [2.24, 2.45) is 5.92 Å². The summed E-state index contributed by atoms with van der Waals surface area (Å²) in [6, 6.07) is 13.9. The molecule has 32 heavy (non-hydrogen) atoms. The van der Waals surface area contributed by atoms with E-state index in [0.717, 1.165) is 38.9 Å². The van der Waals surface area contributed by atoms with Gasteiger partial charge >= 0.3 is 6.03 Å². The van der Waals surface area contributed by atoms with Gasteiger partial charge in [-0.15, -0.1) is 5.92 Å². The van der Waals surface area contributed by atoms with Gasteiger partial charge in [0.25, 0.3) is 5.91 Å². The van der Waals surface area contributed by atoms with E-state index in [-0.39, 0.29) is 24.4 Å². The standard InChI is InChI=1S/C26H30N4O2/c1-2-3-17-30-24(31)26(28-25(30)32,14-9-21-7-5-4-6-8-21)23-12-18-29(19-13-23)20-22-10-15-27-16-11-22/h4-8,10-11,15-16,23H,9,12-14,17-20H2,1H3,(H,28,32)/t26-/m1/s1. The number of nitrogens with zero attached hydrogens (tertiary/aromatic N) is 3. The van der Waals surface area contributed by atoms with Gasteiger partial charge < -0.3 is 5.32 Å². The minimum absolute atomic E-state index is 0.107. The van der Waals surface area contributed by atoms with Gasteiger partial charge in [-0.2, -0.15) is 0 Å². The maximum Gasteiger partial charge on any atom is 0.325 e. The van der Waals surface area contributed by atoms with Crippen molar-refractivity contribution in [3.63, 3.8) is 0 Å². The van der Waals surface area contributed by atoms with Gasteiger partial charge in [-0.05, 0) is 74.9 Å². The number of aromatic nitrogens is 1. The highest BCUT2D eigenvalue weighted by Gasteiger charge is 2.55. The van der Waals surface area contributed by atoms with Gasteiger partial charge in [0.1, 0.15) is 5.54 Å². The molecule has 0 bridgehead atoms. The molecule has 0 saturated carbocycles. The molecule has 0 spiro atoms. The average Bonchev–Trinajstić information content (AvgIpc) is 3.08. The summed E-state index contributed by atoms with van der Waals surface area (Å²) in [5.41, 5.74) is 1.56. The Bertz CT molecular complexity index is 991. The minimum Gasteiger partial charge on any atom is -0.323 e. The summed E-state index contributed by atoms with van der Waals surface area (Å²) < 4.78 is 0. The van der Waals surface area contributed by atoms with Crippen molar-refractivity contribution in [1.82, 2.24) is 20.1 Å². The molecule has 1 aromatic heterocycles. The maximum absolute atomic E-state index is 13.6. The summed E-state index contributed by atoms with van der Waals surface area (Å²) in [5, 5.41) is 3.12. The molecule has 2 saturated heterocycles. The zero-order chi connectivity index (χ0) is 22.4. The number of urea groups is 1. The van der Waals surface area contributed by atoms with E-state index < -0.39 is 5.54 Å². The first-order chi connectivity index (χ1) is 15.6. The molecule has 3 heterocycles. The number of benzene rings is 1. The predicted octanol–water partition coefficient (Wildman–Crippen LogP) is 3.24. The van der Waals surface area contributed by atoms with Crippen LogP contribution in [-0.4, -0.2) is 51.9 Å². The molecule has 6 heteroatoms. The summed E-state index contributed by atoms with van der Waals surface area (Å²) in [7, 11) is 0. The normalized spacial score (nSPS) is 21.8. The fraction of sp³-hybridized carbons (Fsp3) is 0.423. The Morgan fingerprint density at radius 1 is 1.06 bits per heavy atom. The van der Waals surface area contributed by atoms with Gasteiger partial charge in [0.15, 0.2) is 0 Å². The monoisotopic (exact) mass is 430 g/mol. The van der Waals surface area contributed by atoms with Crippen molar-refractivity contribution < 1.29 is 9.59 Å². The second-order valence-corrected chi connectivity index (χ2v) is 8.61.